The summed E-state index contributed by atoms with van der Waals surface area (Å²) in [6.07, 6.45) is 4.70. The molecule has 4 rings (SSSR count). The molecule has 2 heterocycles. The predicted octanol–water partition coefficient (Wildman–Crippen LogP) is 4.72. The third-order valence-electron chi connectivity index (χ3n) is 5.66. The zero-order chi connectivity index (χ0) is 22.7. The van der Waals surface area contributed by atoms with Gasteiger partial charge in [-0.05, 0) is 73.0 Å². The molecule has 0 aliphatic heterocycles. The number of hydrogen-bond donors (Lipinski definition) is 1. The summed E-state index contributed by atoms with van der Waals surface area (Å²) < 4.78 is 3.31. The van der Waals surface area contributed by atoms with Crippen molar-refractivity contribution >= 4 is 11.4 Å². The van der Waals surface area contributed by atoms with Gasteiger partial charge in [0.05, 0.1) is 17.1 Å². The zero-order valence-corrected chi connectivity index (χ0v) is 18.8. The monoisotopic (exact) mass is 427 g/mol. The molecule has 2 N–H and O–H groups in total. The van der Waals surface area contributed by atoms with Crippen molar-refractivity contribution in [1.82, 2.24) is 14.1 Å². The zero-order valence-electron chi connectivity index (χ0n) is 18.8. The van der Waals surface area contributed by atoms with Crippen LogP contribution in [0.3, 0.4) is 0 Å². The number of imidazole rings is 1. The number of pyridine rings is 1. The van der Waals surface area contributed by atoms with E-state index in [0.717, 1.165) is 59.1 Å². The minimum atomic E-state index is -0.103. The van der Waals surface area contributed by atoms with Crippen molar-refractivity contribution in [3.05, 3.63) is 83.5 Å². The van der Waals surface area contributed by atoms with Crippen molar-refractivity contribution in [3.63, 3.8) is 0 Å². The van der Waals surface area contributed by atoms with Crippen LogP contribution in [0.5, 0.6) is 0 Å². The minimum Gasteiger partial charge on any atom is -0.399 e. The summed E-state index contributed by atoms with van der Waals surface area (Å²) in [6, 6.07) is 19.9. The molecule has 0 amide bonds. The summed E-state index contributed by atoms with van der Waals surface area (Å²) >= 11 is 0. The number of benzene rings is 2. The van der Waals surface area contributed by atoms with Gasteiger partial charge < -0.3 is 15.2 Å². The third-order valence-corrected chi connectivity index (χ3v) is 5.66. The van der Waals surface area contributed by atoms with E-state index in [2.05, 4.69) is 35.9 Å². The van der Waals surface area contributed by atoms with Crippen molar-refractivity contribution in [2.75, 3.05) is 23.7 Å². The molecule has 164 valence electrons. The first kappa shape index (κ1) is 21.4. The lowest BCUT2D eigenvalue weighted by Gasteiger charge is -2.22. The fraction of sp³-hybridized carbons (Fsp3) is 0.231. The molecule has 0 spiro atoms. The molecule has 0 unspecified atom stereocenters. The maximum Gasteiger partial charge on any atom is 0.333 e. The number of aromatic nitrogens is 3. The highest BCUT2D eigenvalue weighted by molar-refractivity contribution is 5.71. The van der Waals surface area contributed by atoms with E-state index in [1.807, 2.05) is 54.7 Å². The van der Waals surface area contributed by atoms with Crippen molar-refractivity contribution in [1.29, 1.82) is 0 Å². The van der Waals surface area contributed by atoms with Gasteiger partial charge in [-0.25, -0.2) is 4.79 Å². The molecule has 2 aromatic heterocycles. The largest absolute Gasteiger partial charge is 0.399 e. The van der Waals surface area contributed by atoms with Gasteiger partial charge in [0.1, 0.15) is 0 Å². The molecule has 0 fully saturated rings. The second kappa shape index (κ2) is 9.14. The Labute approximate surface area is 188 Å². The van der Waals surface area contributed by atoms with Crippen LogP contribution < -0.4 is 16.3 Å². The Morgan fingerprint density at radius 1 is 0.969 bits per heavy atom. The van der Waals surface area contributed by atoms with Crippen molar-refractivity contribution < 1.29 is 0 Å². The molecule has 0 radical (unpaired) electrons. The van der Waals surface area contributed by atoms with E-state index < -0.39 is 0 Å². The van der Waals surface area contributed by atoms with E-state index in [1.165, 1.54) is 0 Å². The molecule has 6 heteroatoms. The number of rotatable bonds is 7. The normalized spacial score (nSPS) is 11.0. The third kappa shape index (κ3) is 4.17. The van der Waals surface area contributed by atoms with Gasteiger partial charge in [0.2, 0.25) is 0 Å². The van der Waals surface area contributed by atoms with Crippen LogP contribution in [0.2, 0.25) is 0 Å². The molecule has 32 heavy (non-hydrogen) atoms. The fourth-order valence-corrected chi connectivity index (χ4v) is 3.97. The second-order valence-corrected chi connectivity index (χ2v) is 7.89. The van der Waals surface area contributed by atoms with Gasteiger partial charge in [0.25, 0.3) is 0 Å². The first-order valence-electron chi connectivity index (χ1n) is 11.0. The van der Waals surface area contributed by atoms with E-state index in [-0.39, 0.29) is 5.69 Å². The quantitative estimate of drug-likeness (QED) is 0.433. The molecule has 6 nitrogen and oxygen atoms in total. The Morgan fingerprint density at radius 2 is 1.69 bits per heavy atom. The van der Waals surface area contributed by atoms with Gasteiger partial charge in [-0.15, -0.1) is 0 Å². The summed E-state index contributed by atoms with van der Waals surface area (Å²) in [6.45, 7) is 6.29. The molecule has 0 aliphatic carbocycles. The summed E-state index contributed by atoms with van der Waals surface area (Å²) in [5, 5.41) is 0. The smallest absolute Gasteiger partial charge is 0.333 e. The molecule has 0 aliphatic rings. The Bertz CT molecular complexity index is 1250. The van der Waals surface area contributed by atoms with Gasteiger partial charge in [-0.1, -0.05) is 19.1 Å². The highest BCUT2D eigenvalue weighted by Gasteiger charge is 2.15. The molecular weight excluding hydrogens is 398 g/mol. The van der Waals surface area contributed by atoms with Gasteiger partial charge in [0.15, 0.2) is 0 Å². The highest BCUT2D eigenvalue weighted by Crippen LogP contribution is 2.27. The van der Waals surface area contributed by atoms with Crippen LogP contribution in [0, 0.1) is 0 Å². The van der Waals surface area contributed by atoms with Crippen LogP contribution >= 0.6 is 0 Å². The molecule has 0 atom stereocenters. The fourth-order valence-electron chi connectivity index (χ4n) is 3.97. The topological polar surface area (TPSA) is 69.1 Å². The van der Waals surface area contributed by atoms with Crippen LogP contribution in [-0.2, 0) is 7.05 Å². The lowest BCUT2D eigenvalue weighted by Crippen LogP contribution is -2.24. The standard InChI is InChI=1S/C26H29N5O/c1-4-16-30(5-2)22-10-12-23(13-11-22)31-25(18-29(3)26(31)32)24-17-20(14-15-28-24)19-6-8-21(27)9-7-19/h6-15,17-18H,4-5,16,27H2,1-3H3. The van der Waals surface area contributed by atoms with E-state index in [9.17, 15) is 4.79 Å². The SMILES string of the molecule is CCCN(CC)c1ccc(-n2c(-c3cc(-c4ccc(N)cc4)ccn3)cn(C)c2=O)cc1. The van der Waals surface area contributed by atoms with Crippen molar-refractivity contribution in [3.8, 4) is 28.2 Å². The number of anilines is 2. The van der Waals surface area contributed by atoms with Crippen LogP contribution in [0.25, 0.3) is 28.2 Å². The summed E-state index contributed by atoms with van der Waals surface area (Å²) in [7, 11) is 1.76. The van der Waals surface area contributed by atoms with Gasteiger partial charge >= 0.3 is 5.69 Å². The summed E-state index contributed by atoms with van der Waals surface area (Å²) in [5.74, 6) is 0. The van der Waals surface area contributed by atoms with E-state index in [0.29, 0.717) is 0 Å². The Kier molecular flexibility index (Phi) is 6.12. The molecule has 0 saturated heterocycles. The highest BCUT2D eigenvalue weighted by atomic mass is 16.1. The average Bonchev–Trinajstić information content (AvgIpc) is 3.12. The Morgan fingerprint density at radius 3 is 2.34 bits per heavy atom. The number of aryl methyl sites for hydroxylation is 1. The maximum atomic E-state index is 13.0. The maximum absolute atomic E-state index is 13.0. The van der Waals surface area contributed by atoms with E-state index in [1.54, 1.807) is 22.4 Å². The lowest BCUT2D eigenvalue weighted by molar-refractivity contribution is 0.791. The number of nitrogen functional groups attached to an aromatic ring is 1. The molecule has 2 aromatic carbocycles. The first-order valence-corrected chi connectivity index (χ1v) is 11.0. The number of hydrogen-bond acceptors (Lipinski definition) is 4. The van der Waals surface area contributed by atoms with Gasteiger partial charge in [-0.3, -0.25) is 9.55 Å². The molecule has 0 bridgehead atoms. The summed E-state index contributed by atoms with van der Waals surface area (Å²) in [5.41, 5.74) is 12.0. The van der Waals surface area contributed by atoms with Gasteiger partial charge in [-0.2, -0.15) is 0 Å². The Balaban J connectivity index is 1.76. The molecular formula is C26H29N5O. The van der Waals surface area contributed by atoms with Crippen LogP contribution in [0.15, 0.2) is 77.9 Å². The number of nitrogens with two attached hydrogens (primary N) is 1. The van der Waals surface area contributed by atoms with E-state index in [4.69, 9.17) is 5.73 Å². The van der Waals surface area contributed by atoms with E-state index >= 15 is 0 Å². The van der Waals surface area contributed by atoms with Crippen LogP contribution in [0.4, 0.5) is 11.4 Å². The van der Waals surface area contributed by atoms with Crippen LogP contribution in [0.1, 0.15) is 20.3 Å². The van der Waals surface area contributed by atoms with Crippen molar-refractivity contribution in [2.24, 2.45) is 7.05 Å². The predicted molar refractivity (Wildman–Crippen MR) is 132 cm³/mol. The minimum absolute atomic E-state index is 0.103. The molecule has 0 saturated carbocycles. The van der Waals surface area contributed by atoms with Crippen molar-refractivity contribution in [2.45, 2.75) is 20.3 Å². The molecule has 4 aromatic rings. The van der Waals surface area contributed by atoms with Gasteiger partial charge in [0, 0.05) is 43.9 Å². The average molecular weight is 428 g/mol. The second-order valence-electron chi connectivity index (χ2n) is 7.89. The Hall–Kier alpha value is -3.80. The lowest BCUT2D eigenvalue weighted by atomic mass is 10.1. The first-order chi connectivity index (χ1) is 15.5. The summed E-state index contributed by atoms with van der Waals surface area (Å²) in [4.78, 5) is 19.9. The van der Waals surface area contributed by atoms with Crippen LogP contribution in [-0.4, -0.2) is 27.2 Å². The number of nitrogens with zero attached hydrogens (tertiary/aromatic N) is 4.